The van der Waals surface area contributed by atoms with Gasteiger partial charge >= 0.3 is 0 Å². The summed E-state index contributed by atoms with van der Waals surface area (Å²) in [5.74, 6) is 0. The van der Waals surface area contributed by atoms with E-state index in [-0.39, 0.29) is 10.6 Å². The van der Waals surface area contributed by atoms with E-state index in [2.05, 4.69) is 0 Å². The molecule has 1 aliphatic rings. The summed E-state index contributed by atoms with van der Waals surface area (Å²) < 4.78 is 37.1. The highest BCUT2D eigenvalue weighted by molar-refractivity contribution is 7.90. The molecule has 1 saturated heterocycles. The quantitative estimate of drug-likeness (QED) is 0.626. The standard InChI is InChI=1S/C13H12N2O6S/c16-15(17)10-4-1-2-6-12(10)22(18,19)14-7-3-5-11(14)13-20-8-9-21-13/h1-7,13H,8-9H2. The fourth-order valence-corrected chi connectivity index (χ4v) is 3.77. The zero-order valence-corrected chi connectivity index (χ0v) is 12.1. The lowest BCUT2D eigenvalue weighted by molar-refractivity contribution is -0.387. The Morgan fingerprint density at radius 1 is 1.14 bits per heavy atom. The van der Waals surface area contributed by atoms with Gasteiger partial charge in [0.25, 0.3) is 15.7 Å². The Morgan fingerprint density at radius 3 is 2.50 bits per heavy atom. The molecule has 0 amide bonds. The van der Waals surface area contributed by atoms with Crippen molar-refractivity contribution in [2.75, 3.05) is 13.2 Å². The van der Waals surface area contributed by atoms with Crippen molar-refractivity contribution in [2.45, 2.75) is 11.2 Å². The molecule has 0 bridgehead atoms. The molecule has 116 valence electrons. The number of benzene rings is 1. The Balaban J connectivity index is 2.12. The van der Waals surface area contributed by atoms with Crippen molar-refractivity contribution >= 4 is 15.7 Å². The molecule has 0 saturated carbocycles. The minimum atomic E-state index is -4.12. The highest BCUT2D eigenvalue weighted by Crippen LogP contribution is 2.30. The maximum atomic E-state index is 12.7. The van der Waals surface area contributed by atoms with Gasteiger partial charge in [0.2, 0.25) is 0 Å². The highest BCUT2D eigenvalue weighted by Gasteiger charge is 2.31. The van der Waals surface area contributed by atoms with Crippen LogP contribution in [0.25, 0.3) is 0 Å². The summed E-state index contributed by atoms with van der Waals surface area (Å²) in [6.45, 7) is 0.725. The Morgan fingerprint density at radius 2 is 1.82 bits per heavy atom. The van der Waals surface area contributed by atoms with Crippen molar-refractivity contribution in [2.24, 2.45) is 0 Å². The molecule has 0 N–H and O–H groups in total. The second-order valence-corrected chi connectivity index (χ2v) is 6.32. The predicted molar refractivity (Wildman–Crippen MR) is 74.8 cm³/mol. The third-order valence-corrected chi connectivity index (χ3v) is 4.96. The van der Waals surface area contributed by atoms with Gasteiger partial charge in [0.15, 0.2) is 11.2 Å². The first-order valence-electron chi connectivity index (χ1n) is 6.41. The average Bonchev–Trinajstić information content (AvgIpc) is 3.18. The first-order chi connectivity index (χ1) is 10.5. The van der Waals surface area contributed by atoms with Gasteiger partial charge in [-0.05, 0) is 18.2 Å². The molecule has 1 fully saturated rings. The number of nitro groups is 1. The molecular formula is C13H12N2O6S. The van der Waals surface area contributed by atoms with Gasteiger partial charge in [-0.1, -0.05) is 12.1 Å². The Bertz CT molecular complexity index is 807. The van der Waals surface area contributed by atoms with E-state index >= 15 is 0 Å². The SMILES string of the molecule is O=[N+]([O-])c1ccccc1S(=O)(=O)n1cccc1C1OCCO1. The molecule has 1 aliphatic heterocycles. The van der Waals surface area contributed by atoms with E-state index in [1.165, 1.54) is 30.5 Å². The van der Waals surface area contributed by atoms with Gasteiger partial charge in [-0.3, -0.25) is 10.1 Å². The summed E-state index contributed by atoms with van der Waals surface area (Å²) in [7, 11) is -4.12. The van der Waals surface area contributed by atoms with Crippen LogP contribution in [0.2, 0.25) is 0 Å². The lowest BCUT2D eigenvalue weighted by Gasteiger charge is -2.14. The van der Waals surface area contributed by atoms with Crippen molar-refractivity contribution in [3.63, 3.8) is 0 Å². The number of hydrogen-bond donors (Lipinski definition) is 0. The normalized spacial score (nSPS) is 16.0. The lowest BCUT2D eigenvalue weighted by Crippen LogP contribution is -2.18. The molecule has 0 atom stereocenters. The van der Waals surface area contributed by atoms with Gasteiger partial charge in [0.1, 0.15) is 0 Å². The Labute approximate surface area is 126 Å². The van der Waals surface area contributed by atoms with Crippen LogP contribution in [-0.4, -0.2) is 30.5 Å². The smallest absolute Gasteiger partial charge is 0.289 e. The number of aromatic nitrogens is 1. The van der Waals surface area contributed by atoms with Gasteiger partial charge in [-0.25, -0.2) is 12.4 Å². The Hall–Kier alpha value is -2.23. The van der Waals surface area contributed by atoms with E-state index < -0.39 is 26.9 Å². The molecule has 8 nitrogen and oxygen atoms in total. The van der Waals surface area contributed by atoms with Gasteiger partial charge in [-0.2, -0.15) is 0 Å². The number of nitro benzene ring substituents is 1. The number of rotatable bonds is 4. The van der Waals surface area contributed by atoms with Crippen LogP contribution >= 0.6 is 0 Å². The van der Waals surface area contributed by atoms with Crippen LogP contribution < -0.4 is 0 Å². The van der Waals surface area contributed by atoms with Crippen molar-refractivity contribution in [3.05, 3.63) is 58.4 Å². The molecule has 2 heterocycles. The summed E-state index contributed by atoms with van der Waals surface area (Å²) in [5, 5.41) is 11.1. The second-order valence-electron chi connectivity index (χ2n) is 4.53. The largest absolute Gasteiger partial charge is 0.345 e. The first kappa shape index (κ1) is 14.7. The molecule has 3 rings (SSSR count). The van der Waals surface area contributed by atoms with Crippen molar-refractivity contribution in [1.29, 1.82) is 0 Å². The van der Waals surface area contributed by atoms with Crippen LogP contribution in [0.4, 0.5) is 5.69 Å². The fourth-order valence-electron chi connectivity index (χ4n) is 2.24. The van der Waals surface area contributed by atoms with Gasteiger partial charge < -0.3 is 9.47 Å². The summed E-state index contributed by atoms with van der Waals surface area (Å²) in [5.41, 5.74) is -0.203. The molecule has 1 aromatic heterocycles. The van der Waals surface area contributed by atoms with E-state index in [1.54, 1.807) is 6.07 Å². The Kier molecular flexibility index (Phi) is 3.69. The van der Waals surface area contributed by atoms with Crippen LogP contribution in [0.15, 0.2) is 47.5 Å². The second kappa shape index (κ2) is 5.52. The van der Waals surface area contributed by atoms with Crippen molar-refractivity contribution in [3.8, 4) is 0 Å². The number of nitrogens with zero attached hydrogens (tertiary/aromatic N) is 2. The average molecular weight is 324 g/mol. The molecule has 9 heteroatoms. The molecule has 22 heavy (non-hydrogen) atoms. The topological polar surface area (TPSA) is 101 Å². The molecular weight excluding hydrogens is 312 g/mol. The number of hydrogen-bond acceptors (Lipinski definition) is 6. The molecule has 2 aromatic rings. The van der Waals surface area contributed by atoms with Crippen LogP contribution in [0.1, 0.15) is 12.0 Å². The van der Waals surface area contributed by atoms with Crippen LogP contribution in [0.3, 0.4) is 0 Å². The zero-order chi connectivity index (χ0) is 15.7. The highest BCUT2D eigenvalue weighted by atomic mass is 32.2. The zero-order valence-electron chi connectivity index (χ0n) is 11.3. The van der Waals surface area contributed by atoms with Gasteiger partial charge in [0.05, 0.1) is 23.8 Å². The van der Waals surface area contributed by atoms with Crippen molar-refractivity contribution in [1.82, 2.24) is 3.97 Å². The van der Waals surface area contributed by atoms with E-state index in [0.717, 1.165) is 10.0 Å². The number of ether oxygens (including phenoxy) is 2. The van der Waals surface area contributed by atoms with Gasteiger partial charge in [-0.15, -0.1) is 0 Å². The predicted octanol–water partition coefficient (Wildman–Crippen LogP) is 1.68. The van der Waals surface area contributed by atoms with E-state index in [1.807, 2.05) is 0 Å². The minimum absolute atomic E-state index is 0.274. The van der Waals surface area contributed by atoms with Crippen LogP contribution in [0.5, 0.6) is 0 Å². The summed E-state index contributed by atoms with van der Waals surface area (Å²) >= 11 is 0. The maximum Gasteiger partial charge on any atom is 0.289 e. The first-order valence-corrected chi connectivity index (χ1v) is 7.85. The molecule has 0 radical (unpaired) electrons. The minimum Gasteiger partial charge on any atom is -0.345 e. The summed E-state index contributed by atoms with van der Waals surface area (Å²) in [6, 6.07) is 8.27. The van der Waals surface area contributed by atoms with Gasteiger partial charge in [0, 0.05) is 12.3 Å². The monoisotopic (exact) mass is 324 g/mol. The molecule has 1 aromatic carbocycles. The van der Waals surface area contributed by atoms with Crippen LogP contribution in [0, 0.1) is 10.1 Å². The van der Waals surface area contributed by atoms with E-state index in [9.17, 15) is 18.5 Å². The fraction of sp³-hybridized carbons (Fsp3) is 0.231. The molecule has 0 spiro atoms. The third-order valence-electron chi connectivity index (χ3n) is 3.21. The number of para-hydroxylation sites is 1. The van der Waals surface area contributed by atoms with Crippen LogP contribution in [-0.2, 0) is 19.5 Å². The van der Waals surface area contributed by atoms with E-state index in [0.29, 0.717) is 13.2 Å². The summed E-state index contributed by atoms with van der Waals surface area (Å²) in [4.78, 5) is 9.96. The molecule has 0 unspecified atom stereocenters. The van der Waals surface area contributed by atoms with Crippen molar-refractivity contribution < 1.29 is 22.8 Å². The third kappa shape index (κ3) is 2.39. The van der Waals surface area contributed by atoms with E-state index in [4.69, 9.17) is 9.47 Å². The summed E-state index contributed by atoms with van der Waals surface area (Å²) in [6.07, 6.45) is 0.513. The molecule has 0 aliphatic carbocycles. The lowest BCUT2D eigenvalue weighted by atomic mass is 10.3. The maximum absolute atomic E-state index is 12.7.